The van der Waals surface area contributed by atoms with Gasteiger partial charge in [-0.25, -0.2) is 12.7 Å². The Balaban J connectivity index is 1.50. The lowest BCUT2D eigenvalue weighted by molar-refractivity contribution is 0.0746. The molecule has 1 saturated heterocycles. The molecule has 0 bridgehead atoms. The maximum atomic E-state index is 13.1. The number of nitrogens with zero attached hydrogens (tertiary/aromatic N) is 7. The fourth-order valence-electron chi connectivity index (χ4n) is 3.44. The molecule has 0 aliphatic carbocycles. The molecule has 12 heteroatoms. The van der Waals surface area contributed by atoms with Crippen molar-refractivity contribution in [2.24, 2.45) is 0 Å². The molecule has 1 aromatic heterocycles. The third kappa shape index (κ3) is 4.18. The number of hydrogen-bond acceptors (Lipinski definition) is 7. The zero-order valence-corrected chi connectivity index (χ0v) is 19.2. The van der Waals surface area contributed by atoms with Crippen molar-refractivity contribution in [2.45, 2.75) is 4.90 Å². The normalized spacial score (nSPS) is 14.8. The number of piperazine rings is 1. The number of carbonyl (C=O) groups is 1. The molecule has 0 saturated carbocycles. The Morgan fingerprint density at radius 2 is 1.72 bits per heavy atom. The Labute approximate surface area is 191 Å². The number of halogens is 1. The van der Waals surface area contributed by atoms with Gasteiger partial charge in [0.15, 0.2) is 0 Å². The summed E-state index contributed by atoms with van der Waals surface area (Å²) in [5, 5.41) is 12.2. The van der Waals surface area contributed by atoms with E-state index >= 15 is 0 Å². The van der Waals surface area contributed by atoms with Gasteiger partial charge in [-0.05, 0) is 40.8 Å². The molecule has 0 atom stereocenters. The van der Waals surface area contributed by atoms with Crippen molar-refractivity contribution >= 4 is 33.5 Å². The molecule has 2 aromatic carbocycles. The maximum Gasteiger partial charge on any atom is 0.255 e. The van der Waals surface area contributed by atoms with Crippen LogP contribution in [0, 0.1) is 0 Å². The van der Waals surface area contributed by atoms with Gasteiger partial charge in [0.2, 0.25) is 16.0 Å². The number of carbonyl (C=O) groups excluding carboxylic acids is 1. The molecule has 0 radical (unpaired) electrons. The van der Waals surface area contributed by atoms with Gasteiger partial charge in [-0.3, -0.25) is 4.79 Å². The molecule has 1 amide bonds. The first-order valence-corrected chi connectivity index (χ1v) is 11.7. The average Bonchev–Trinajstić information content (AvgIpc) is 3.29. The van der Waals surface area contributed by atoms with Crippen LogP contribution in [0.25, 0.3) is 5.69 Å². The smallest absolute Gasteiger partial charge is 0.255 e. The summed E-state index contributed by atoms with van der Waals surface area (Å²) < 4.78 is 27.6. The van der Waals surface area contributed by atoms with Crippen molar-refractivity contribution in [1.29, 1.82) is 0 Å². The van der Waals surface area contributed by atoms with E-state index in [9.17, 15) is 13.2 Å². The predicted molar refractivity (Wildman–Crippen MR) is 120 cm³/mol. The van der Waals surface area contributed by atoms with E-state index < -0.39 is 10.0 Å². The second-order valence-electron chi connectivity index (χ2n) is 7.43. The molecule has 0 N–H and O–H groups in total. The summed E-state index contributed by atoms with van der Waals surface area (Å²) in [6.07, 6.45) is 0. The minimum atomic E-state index is -3.68. The maximum absolute atomic E-state index is 13.1. The van der Waals surface area contributed by atoms with Gasteiger partial charge in [0.25, 0.3) is 5.91 Å². The van der Waals surface area contributed by atoms with Crippen molar-refractivity contribution in [3.8, 4) is 5.69 Å². The first-order valence-electron chi connectivity index (χ1n) is 9.89. The van der Waals surface area contributed by atoms with Gasteiger partial charge in [0.1, 0.15) is 0 Å². The van der Waals surface area contributed by atoms with Crippen molar-refractivity contribution in [2.75, 3.05) is 45.2 Å². The van der Waals surface area contributed by atoms with Gasteiger partial charge in [-0.1, -0.05) is 34.9 Å². The van der Waals surface area contributed by atoms with Gasteiger partial charge in [-0.2, -0.15) is 4.68 Å². The van der Waals surface area contributed by atoms with Crippen molar-refractivity contribution < 1.29 is 13.2 Å². The van der Waals surface area contributed by atoms with Crippen LogP contribution < -0.4 is 4.90 Å². The van der Waals surface area contributed by atoms with Crippen molar-refractivity contribution in [1.82, 2.24) is 29.4 Å². The zero-order valence-electron chi connectivity index (χ0n) is 17.6. The highest BCUT2D eigenvalue weighted by atomic mass is 35.5. The van der Waals surface area contributed by atoms with Crippen LogP contribution in [0.1, 0.15) is 10.4 Å². The van der Waals surface area contributed by atoms with Gasteiger partial charge in [0, 0.05) is 40.3 Å². The largest absolute Gasteiger partial charge is 0.336 e. The van der Waals surface area contributed by atoms with Gasteiger partial charge < -0.3 is 9.80 Å². The first-order chi connectivity index (χ1) is 15.3. The third-order valence-corrected chi connectivity index (χ3v) is 7.39. The predicted octanol–water partition coefficient (Wildman–Crippen LogP) is 1.53. The zero-order chi connectivity index (χ0) is 22.9. The quantitative estimate of drug-likeness (QED) is 0.551. The van der Waals surface area contributed by atoms with Crippen molar-refractivity contribution in [3.05, 3.63) is 59.1 Å². The van der Waals surface area contributed by atoms with Gasteiger partial charge in [0.05, 0.1) is 21.2 Å². The number of amides is 1. The second kappa shape index (κ2) is 8.85. The standard InChI is InChI=1S/C20H22ClN7O3S/c1-25(2)32(30,31)16-8-9-18(21)17(14-16)19(29)26-10-12-27(13-11-26)20-22-23-24-28(20)15-6-4-3-5-7-15/h3-9,14H,10-13H2,1-2H3. The molecule has 1 aliphatic heterocycles. The van der Waals surface area contributed by atoms with Crippen LogP contribution in [0.5, 0.6) is 0 Å². The van der Waals surface area contributed by atoms with E-state index in [2.05, 4.69) is 15.5 Å². The molecule has 10 nitrogen and oxygen atoms in total. The SMILES string of the molecule is CN(C)S(=O)(=O)c1ccc(Cl)c(C(=O)N2CCN(c3nnnn3-c3ccccc3)CC2)c1. The van der Waals surface area contributed by atoms with E-state index in [-0.39, 0.29) is 21.4 Å². The summed E-state index contributed by atoms with van der Waals surface area (Å²) in [4.78, 5) is 16.8. The van der Waals surface area contributed by atoms with E-state index in [4.69, 9.17) is 11.6 Å². The summed E-state index contributed by atoms with van der Waals surface area (Å²) in [6.45, 7) is 1.88. The summed E-state index contributed by atoms with van der Waals surface area (Å²) in [5.41, 5.74) is 1.01. The Hall–Kier alpha value is -3.02. The van der Waals surface area contributed by atoms with E-state index in [0.29, 0.717) is 32.1 Å². The van der Waals surface area contributed by atoms with E-state index in [0.717, 1.165) is 9.99 Å². The van der Waals surface area contributed by atoms with Crippen LogP contribution in [0.2, 0.25) is 5.02 Å². The minimum absolute atomic E-state index is 0.0240. The molecule has 1 fully saturated rings. The number of benzene rings is 2. The molecular weight excluding hydrogens is 454 g/mol. The third-order valence-electron chi connectivity index (χ3n) is 5.25. The van der Waals surface area contributed by atoms with Crippen molar-refractivity contribution in [3.63, 3.8) is 0 Å². The van der Waals surface area contributed by atoms with Crippen LogP contribution in [-0.2, 0) is 10.0 Å². The highest BCUT2D eigenvalue weighted by Gasteiger charge is 2.28. The molecule has 32 heavy (non-hydrogen) atoms. The monoisotopic (exact) mass is 475 g/mol. The Morgan fingerprint density at radius 3 is 2.38 bits per heavy atom. The van der Waals surface area contributed by atoms with E-state index in [1.165, 1.54) is 32.3 Å². The molecule has 4 rings (SSSR count). The van der Waals surface area contributed by atoms with Crippen LogP contribution >= 0.6 is 11.6 Å². The second-order valence-corrected chi connectivity index (χ2v) is 9.99. The Morgan fingerprint density at radius 1 is 1.03 bits per heavy atom. The number of hydrogen-bond donors (Lipinski definition) is 0. The number of aromatic nitrogens is 4. The summed E-state index contributed by atoms with van der Waals surface area (Å²) in [5.74, 6) is 0.286. The lowest BCUT2D eigenvalue weighted by Gasteiger charge is -2.35. The van der Waals surface area contributed by atoms with E-state index in [1.54, 1.807) is 9.58 Å². The number of anilines is 1. The topological polar surface area (TPSA) is 105 Å². The van der Waals surface area contributed by atoms with Gasteiger partial charge in [-0.15, -0.1) is 0 Å². The lowest BCUT2D eigenvalue weighted by Crippen LogP contribution is -2.49. The molecular formula is C20H22ClN7O3S. The Bertz CT molecular complexity index is 1220. The summed E-state index contributed by atoms with van der Waals surface area (Å²) >= 11 is 6.24. The Kier molecular flexibility index (Phi) is 6.13. The van der Waals surface area contributed by atoms with Gasteiger partial charge >= 0.3 is 0 Å². The fourth-order valence-corrected chi connectivity index (χ4v) is 4.56. The van der Waals surface area contributed by atoms with E-state index in [1.807, 2.05) is 35.2 Å². The van der Waals surface area contributed by atoms with Crippen LogP contribution in [-0.4, -0.2) is 84.0 Å². The number of para-hydroxylation sites is 1. The number of tetrazole rings is 1. The molecule has 3 aromatic rings. The highest BCUT2D eigenvalue weighted by molar-refractivity contribution is 7.89. The van der Waals surface area contributed by atoms with Crippen LogP contribution in [0.15, 0.2) is 53.4 Å². The molecule has 1 aliphatic rings. The molecule has 2 heterocycles. The number of rotatable bonds is 5. The fraction of sp³-hybridized carbons (Fsp3) is 0.300. The molecule has 0 spiro atoms. The summed E-state index contributed by atoms with van der Waals surface area (Å²) in [6, 6.07) is 13.7. The average molecular weight is 476 g/mol. The molecule has 168 valence electrons. The number of sulfonamides is 1. The highest BCUT2D eigenvalue weighted by Crippen LogP contribution is 2.24. The summed E-state index contributed by atoms with van der Waals surface area (Å²) in [7, 11) is -0.803. The van der Waals surface area contributed by atoms with Crippen LogP contribution in [0.3, 0.4) is 0 Å². The minimum Gasteiger partial charge on any atom is -0.336 e. The van der Waals surface area contributed by atoms with Crippen LogP contribution in [0.4, 0.5) is 5.95 Å². The molecule has 0 unspecified atom stereocenters. The lowest BCUT2D eigenvalue weighted by atomic mass is 10.2. The first kappa shape index (κ1) is 22.2.